The van der Waals surface area contributed by atoms with Gasteiger partial charge in [-0.25, -0.2) is 0 Å². The van der Waals surface area contributed by atoms with Gasteiger partial charge in [0.1, 0.15) is 0 Å². The maximum Gasteiger partial charge on any atom is 0.251 e. The van der Waals surface area contributed by atoms with Gasteiger partial charge >= 0.3 is 0 Å². The van der Waals surface area contributed by atoms with Crippen molar-refractivity contribution < 1.29 is 9.53 Å². The first-order chi connectivity index (χ1) is 9.70. The number of nitrogens with one attached hydrogen (secondary N) is 2. The van der Waals surface area contributed by atoms with E-state index < -0.39 is 0 Å². The van der Waals surface area contributed by atoms with Gasteiger partial charge in [0.25, 0.3) is 5.91 Å². The van der Waals surface area contributed by atoms with Crippen molar-refractivity contribution in [2.24, 2.45) is 5.92 Å². The Labute approximate surface area is 120 Å². The largest absolute Gasteiger partial charge is 0.383 e. The van der Waals surface area contributed by atoms with E-state index in [1.807, 2.05) is 31.2 Å². The van der Waals surface area contributed by atoms with Crippen LogP contribution in [0, 0.1) is 12.8 Å². The van der Waals surface area contributed by atoms with E-state index in [-0.39, 0.29) is 5.91 Å². The van der Waals surface area contributed by atoms with Crippen LogP contribution in [0.15, 0.2) is 24.3 Å². The summed E-state index contributed by atoms with van der Waals surface area (Å²) in [6.07, 6.45) is 2.58. The van der Waals surface area contributed by atoms with Gasteiger partial charge in [-0.05, 0) is 37.8 Å². The van der Waals surface area contributed by atoms with Crippen LogP contribution in [0.4, 0.5) is 0 Å². The average molecular weight is 276 g/mol. The van der Waals surface area contributed by atoms with Gasteiger partial charge in [0.2, 0.25) is 0 Å². The van der Waals surface area contributed by atoms with Crippen LogP contribution in [0.2, 0.25) is 0 Å². The predicted octanol–water partition coefficient (Wildman–Crippen LogP) is 1.74. The molecule has 0 radical (unpaired) electrons. The van der Waals surface area contributed by atoms with Crippen LogP contribution in [0.1, 0.15) is 28.8 Å². The second kappa shape index (κ2) is 7.41. The molecule has 0 saturated heterocycles. The summed E-state index contributed by atoms with van der Waals surface area (Å²) in [4.78, 5) is 11.9. The standard InChI is InChI=1S/C16H24N2O2/c1-12-3-5-14(6-4-12)16(19)18-10-9-17-15(11-20-2)13-7-8-13/h3-6,13,15,17H,7-11H2,1-2H3,(H,18,19). The Hall–Kier alpha value is -1.39. The summed E-state index contributed by atoms with van der Waals surface area (Å²) in [6.45, 7) is 4.18. The number of carbonyl (C=O) groups is 1. The molecule has 1 aliphatic rings. The fraction of sp³-hybridized carbons (Fsp3) is 0.562. The molecule has 0 spiro atoms. The Bertz CT molecular complexity index is 427. The Balaban J connectivity index is 1.67. The molecule has 0 heterocycles. The molecule has 0 aliphatic heterocycles. The highest BCUT2D eigenvalue weighted by Crippen LogP contribution is 2.32. The van der Waals surface area contributed by atoms with Crippen LogP contribution in [0.25, 0.3) is 0 Å². The minimum Gasteiger partial charge on any atom is -0.383 e. The molecule has 1 unspecified atom stereocenters. The lowest BCUT2D eigenvalue weighted by atomic mass is 10.1. The smallest absolute Gasteiger partial charge is 0.251 e. The fourth-order valence-electron chi connectivity index (χ4n) is 2.28. The maximum atomic E-state index is 11.9. The molecule has 0 aromatic heterocycles. The first kappa shape index (κ1) is 15.0. The molecule has 1 saturated carbocycles. The van der Waals surface area contributed by atoms with Crippen molar-refractivity contribution in [3.8, 4) is 0 Å². The van der Waals surface area contributed by atoms with Gasteiger partial charge in [-0.3, -0.25) is 4.79 Å². The highest BCUT2D eigenvalue weighted by atomic mass is 16.5. The molecular formula is C16H24N2O2. The lowest BCUT2D eigenvalue weighted by molar-refractivity contribution is 0.0952. The molecule has 1 fully saturated rings. The summed E-state index contributed by atoms with van der Waals surface area (Å²) in [6, 6.07) is 8.05. The molecular weight excluding hydrogens is 252 g/mol. The Morgan fingerprint density at radius 1 is 1.30 bits per heavy atom. The van der Waals surface area contributed by atoms with E-state index in [9.17, 15) is 4.79 Å². The first-order valence-corrected chi connectivity index (χ1v) is 7.28. The van der Waals surface area contributed by atoms with Gasteiger partial charge in [-0.2, -0.15) is 0 Å². The van der Waals surface area contributed by atoms with E-state index in [1.54, 1.807) is 7.11 Å². The molecule has 0 bridgehead atoms. The van der Waals surface area contributed by atoms with Crippen LogP contribution in [0.3, 0.4) is 0 Å². The number of aryl methyl sites for hydroxylation is 1. The van der Waals surface area contributed by atoms with E-state index in [4.69, 9.17) is 4.74 Å². The SMILES string of the molecule is COCC(NCCNC(=O)c1ccc(C)cc1)C1CC1. The van der Waals surface area contributed by atoms with Crippen molar-refractivity contribution in [1.29, 1.82) is 0 Å². The molecule has 4 heteroatoms. The predicted molar refractivity (Wildman–Crippen MR) is 79.9 cm³/mol. The zero-order chi connectivity index (χ0) is 14.4. The Morgan fingerprint density at radius 3 is 2.60 bits per heavy atom. The number of carbonyl (C=O) groups excluding carboxylic acids is 1. The molecule has 1 amide bonds. The van der Waals surface area contributed by atoms with E-state index in [0.717, 1.165) is 24.6 Å². The molecule has 2 N–H and O–H groups in total. The Morgan fingerprint density at radius 2 is 2.00 bits per heavy atom. The third kappa shape index (κ3) is 4.62. The third-order valence-corrected chi connectivity index (χ3v) is 3.67. The quantitative estimate of drug-likeness (QED) is 0.711. The summed E-state index contributed by atoms with van der Waals surface area (Å²) in [5, 5.41) is 6.39. The van der Waals surface area contributed by atoms with Crippen LogP contribution in [-0.4, -0.2) is 38.8 Å². The van der Waals surface area contributed by atoms with Crippen LogP contribution < -0.4 is 10.6 Å². The number of ether oxygens (including phenoxy) is 1. The number of benzene rings is 1. The van der Waals surface area contributed by atoms with Crippen LogP contribution >= 0.6 is 0 Å². The van der Waals surface area contributed by atoms with Crippen molar-refractivity contribution in [2.75, 3.05) is 26.8 Å². The Kier molecular flexibility index (Phi) is 5.56. The fourth-order valence-corrected chi connectivity index (χ4v) is 2.28. The van der Waals surface area contributed by atoms with E-state index in [1.165, 1.54) is 12.8 Å². The zero-order valence-corrected chi connectivity index (χ0v) is 12.3. The average Bonchev–Trinajstić information content (AvgIpc) is 3.27. The lowest BCUT2D eigenvalue weighted by Crippen LogP contribution is -2.40. The van der Waals surface area contributed by atoms with Crippen molar-refractivity contribution in [1.82, 2.24) is 10.6 Å². The molecule has 1 aromatic carbocycles. The van der Waals surface area contributed by atoms with Crippen molar-refractivity contribution in [2.45, 2.75) is 25.8 Å². The van der Waals surface area contributed by atoms with E-state index in [2.05, 4.69) is 10.6 Å². The molecule has 2 rings (SSSR count). The first-order valence-electron chi connectivity index (χ1n) is 7.28. The van der Waals surface area contributed by atoms with Gasteiger partial charge in [0.05, 0.1) is 6.61 Å². The van der Waals surface area contributed by atoms with Crippen molar-refractivity contribution >= 4 is 5.91 Å². The molecule has 4 nitrogen and oxygen atoms in total. The molecule has 1 atom stereocenters. The van der Waals surface area contributed by atoms with E-state index >= 15 is 0 Å². The normalized spacial score (nSPS) is 15.9. The summed E-state index contributed by atoms with van der Waals surface area (Å²) < 4.78 is 5.21. The lowest BCUT2D eigenvalue weighted by Gasteiger charge is -2.17. The van der Waals surface area contributed by atoms with Gasteiger partial charge in [-0.1, -0.05) is 17.7 Å². The van der Waals surface area contributed by atoms with Crippen molar-refractivity contribution in [3.05, 3.63) is 35.4 Å². The number of amides is 1. The third-order valence-electron chi connectivity index (χ3n) is 3.67. The minimum absolute atomic E-state index is 0.0125. The molecule has 1 aromatic rings. The summed E-state index contributed by atoms with van der Waals surface area (Å²) >= 11 is 0. The van der Waals surface area contributed by atoms with Gasteiger partial charge < -0.3 is 15.4 Å². The van der Waals surface area contributed by atoms with Gasteiger partial charge in [0, 0.05) is 31.8 Å². The van der Waals surface area contributed by atoms with Gasteiger partial charge in [-0.15, -0.1) is 0 Å². The number of hydrogen-bond donors (Lipinski definition) is 2. The molecule has 20 heavy (non-hydrogen) atoms. The monoisotopic (exact) mass is 276 g/mol. The number of methoxy groups -OCH3 is 1. The molecule has 110 valence electrons. The second-order valence-electron chi connectivity index (χ2n) is 5.48. The topological polar surface area (TPSA) is 50.4 Å². The van der Waals surface area contributed by atoms with Crippen molar-refractivity contribution in [3.63, 3.8) is 0 Å². The summed E-state index contributed by atoms with van der Waals surface area (Å²) in [7, 11) is 1.73. The maximum absolute atomic E-state index is 11.9. The van der Waals surface area contributed by atoms with E-state index in [0.29, 0.717) is 18.2 Å². The zero-order valence-electron chi connectivity index (χ0n) is 12.3. The molecule has 1 aliphatic carbocycles. The number of hydrogen-bond acceptors (Lipinski definition) is 3. The van der Waals surface area contributed by atoms with Gasteiger partial charge in [0.15, 0.2) is 0 Å². The van der Waals surface area contributed by atoms with Crippen LogP contribution in [-0.2, 0) is 4.74 Å². The highest BCUT2D eigenvalue weighted by Gasteiger charge is 2.30. The second-order valence-corrected chi connectivity index (χ2v) is 5.48. The minimum atomic E-state index is -0.0125. The van der Waals surface area contributed by atoms with Crippen LogP contribution in [0.5, 0.6) is 0 Å². The number of rotatable bonds is 8. The summed E-state index contributed by atoms with van der Waals surface area (Å²) in [5.41, 5.74) is 1.88. The highest BCUT2D eigenvalue weighted by molar-refractivity contribution is 5.94. The summed E-state index contributed by atoms with van der Waals surface area (Å²) in [5.74, 6) is 0.740.